The largest absolute Gasteiger partial charge is 0.147 e. The summed E-state index contributed by atoms with van der Waals surface area (Å²) in [4.78, 5) is 0. The van der Waals surface area contributed by atoms with E-state index < -0.39 is 0 Å². The molecule has 0 unspecified atom stereocenters. The second-order valence-corrected chi connectivity index (χ2v) is 0. The van der Waals surface area contributed by atoms with Crippen LogP contribution in [0.4, 0.5) is 0 Å². The Bertz CT molecular complexity index is 3.25. The normalized spacial score (nSPS) is 0. The summed E-state index contributed by atoms with van der Waals surface area (Å²) >= 11 is 0. The molecule has 0 nitrogen and oxygen atoms in total. The number of hydrogen-bond acceptors (Lipinski definition) is 0. The summed E-state index contributed by atoms with van der Waals surface area (Å²) in [6.45, 7) is 0. The topological polar surface area (TPSA) is 0 Å². The van der Waals surface area contributed by atoms with Gasteiger partial charge in [0.15, 0.2) is 0 Å². The van der Waals surface area contributed by atoms with Crippen LogP contribution in [-0.2, 0) is 17.1 Å². The Hall–Kier alpha value is 1.39. The summed E-state index contributed by atoms with van der Waals surface area (Å²) in [6.07, 6.45) is 0. The molecule has 0 aliphatic carbocycles. The van der Waals surface area contributed by atoms with Crippen LogP contribution in [0, 0.1) is 0 Å². The van der Waals surface area contributed by atoms with Crippen molar-refractivity contribution in [1.82, 2.24) is 0 Å². The Balaban J connectivity index is 0. The van der Waals surface area contributed by atoms with Crippen LogP contribution in [0.5, 0.6) is 0 Å². The molecule has 0 rings (SSSR count). The molecule has 4 heteroatoms. The zero-order valence-corrected chi connectivity index (χ0v) is 4.92. The van der Waals surface area contributed by atoms with Crippen molar-refractivity contribution < 1.29 is 17.1 Å². The predicted octanol–water partition coefficient (Wildman–Crippen LogP) is 1.26. The van der Waals surface area contributed by atoms with Crippen LogP contribution < -0.4 is 0 Å². The van der Waals surface area contributed by atoms with Crippen molar-refractivity contribution in [2.24, 2.45) is 0 Å². The third-order valence-corrected chi connectivity index (χ3v) is 0. The van der Waals surface area contributed by atoms with Crippen LogP contribution in [0.2, 0.25) is 0 Å². The van der Waals surface area contributed by atoms with Crippen molar-refractivity contribution in [2.45, 2.75) is 0 Å². The van der Waals surface area contributed by atoms with Gasteiger partial charge in [-0.25, -0.2) is 0 Å². The van der Waals surface area contributed by atoms with E-state index in [0.717, 1.165) is 0 Å². The molecule has 0 aromatic carbocycles. The minimum Gasteiger partial charge on any atom is -0.147 e. The minimum absolute atomic E-state index is 0. The molecule has 0 saturated heterocycles. The van der Waals surface area contributed by atoms with Gasteiger partial charge in [-0.1, -0.05) is 0 Å². The summed E-state index contributed by atoms with van der Waals surface area (Å²) < 4.78 is 0. The number of rotatable bonds is 0. The average molecular weight is 173 g/mol. The van der Waals surface area contributed by atoms with Crippen LogP contribution in [0.1, 0.15) is 0 Å². The molecule has 0 aromatic rings. The Morgan fingerprint density at radius 1 is 0.500 bits per heavy atom. The van der Waals surface area contributed by atoms with Crippen LogP contribution >= 0.6 is 37.2 Å². The second-order valence-electron chi connectivity index (χ2n) is 0. The minimum atomic E-state index is 0. The summed E-state index contributed by atoms with van der Waals surface area (Å²) in [5.41, 5.74) is 0. The first kappa shape index (κ1) is 53.8. The van der Waals surface area contributed by atoms with E-state index in [9.17, 15) is 0 Å². The molecule has 0 atom stereocenters. The molecule has 0 amide bonds. The van der Waals surface area contributed by atoms with Crippen molar-refractivity contribution in [3.05, 3.63) is 0 Å². The Morgan fingerprint density at radius 2 is 0.500 bits per heavy atom. The van der Waals surface area contributed by atoms with Crippen molar-refractivity contribution >= 4 is 37.2 Å². The fourth-order valence-electron chi connectivity index (χ4n) is 0. The zero-order valence-electron chi connectivity index (χ0n) is 1.53. The molecule has 0 aliphatic rings. The first-order chi connectivity index (χ1) is 0. The molecular formula is H3Cl3Cu. The fourth-order valence-corrected chi connectivity index (χ4v) is 0. The van der Waals surface area contributed by atoms with Crippen molar-refractivity contribution in [1.29, 1.82) is 0 Å². The molecule has 0 heterocycles. The van der Waals surface area contributed by atoms with Gasteiger partial charge in [-0.2, -0.15) is 0 Å². The van der Waals surface area contributed by atoms with Crippen molar-refractivity contribution in [2.75, 3.05) is 0 Å². The van der Waals surface area contributed by atoms with Crippen LogP contribution in [0.3, 0.4) is 0 Å². The third-order valence-electron chi connectivity index (χ3n) is 0. The summed E-state index contributed by atoms with van der Waals surface area (Å²) in [5.74, 6) is 0. The smallest absolute Gasteiger partial charge is 0 e. The maximum absolute atomic E-state index is 0. The predicted molar refractivity (Wildman–Crippen MR) is 21.7 cm³/mol. The molecule has 0 aliphatic heterocycles. The molecule has 1 radical (unpaired) electrons. The van der Waals surface area contributed by atoms with Crippen LogP contribution in [0.15, 0.2) is 0 Å². The monoisotopic (exact) mass is 171 g/mol. The molecule has 0 spiro atoms. The maximum Gasteiger partial charge on any atom is 0 e. The van der Waals surface area contributed by atoms with E-state index in [2.05, 4.69) is 0 Å². The first-order valence-corrected chi connectivity index (χ1v) is 0. The van der Waals surface area contributed by atoms with E-state index >= 15 is 0 Å². The Kier molecular flexibility index (Phi) is 351. The Labute approximate surface area is 54.4 Å². The molecule has 0 N–H and O–H groups in total. The quantitative estimate of drug-likeness (QED) is 0.483. The third kappa shape index (κ3) is 10.0. The van der Waals surface area contributed by atoms with Crippen LogP contribution in [-0.4, -0.2) is 0 Å². The van der Waals surface area contributed by atoms with Gasteiger partial charge in [-0.3, -0.25) is 0 Å². The van der Waals surface area contributed by atoms with E-state index in [1.807, 2.05) is 0 Å². The molecule has 4 heavy (non-hydrogen) atoms. The molecule has 0 saturated carbocycles. The molecule has 0 bridgehead atoms. The van der Waals surface area contributed by atoms with Gasteiger partial charge in [0.1, 0.15) is 0 Å². The average Bonchev–Trinajstić information content (AvgIpc) is 0. The van der Waals surface area contributed by atoms with Gasteiger partial charge in [-0.15, -0.1) is 37.2 Å². The summed E-state index contributed by atoms with van der Waals surface area (Å²) in [6, 6.07) is 0. The van der Waals surface area contributed by atoms with Gasteiger partial charge in [0.25, 0.3) is 0 Å². The first-order valence-electron chi connectivity index (χ1n) is 0. The van der Waals surface area contributed by atoms with Gasteiger partial charge in [0.05, 0.1) is 0 Å². The van der Waals surface area contributed by atoms with Gasteiger partial charge in [-0.05, 0) is 0 Å². The van der Waals surface area contributed by atoms with Crippen molar-refractivity contribution in [3.63, 3.8) is 0 Å². The van der Waals surface area contributed by atoms with E-state index in [1.54, 1.807) is 0 Å². The van der Waals surface area contributed by atoms with Crippen molar-refractivity contribution in [3.8, 4) is 0 Å². The van der Waals surface area contributed by atoms with Gasteiger partial charge in [0.2, 0.25) is 0 Å². The zero-order chi connectivity index (χ0) is 0. The fraction of sp³-hybridized carbons (Fsp3) is 0. The molecule has 0 aromatic heterocycles. The maximum atomic E-state index is 0. The Morgan fingerprint density at radius 3 is 0.500 bits per heavy atom. The molecule has 0 fully saturated rings. The number of hydrogen-bond donors (Lipinski definition) is 0. The summed E-state index contributed by atoms with van der Waals surface area (Å²) in [5, 5.41) is 0. The van der Waals surface area contributed by atoms with Crippen LogP contribution in [0.25, 0.3) is 0 Å². The summed E-state index contributed by atoms with van der Waals surface area (Å²) in [7, 11) is 0. The molecule has 35 valence electrons. The second kappa shape index (κ2) is 26.1. The van der Waals surface area contributed by atoms with E-state index in [1.165, 1.54) is 0 Å². The van der Waals surface area contributed by atoms with E-state index in [4.69, 9.17) is 0 Å². The van der Waals surface area contributed by atoms with Gasteiger partial charge in [0, 0.05) is 17.1 Å². The number of halogens is 3. The van der Waals surface area contributed by atoms with Gasteiger partial charge >= 0.3 is 0 Å². The van der Waals surface area contributed by atoms with E-state index in [0.29, 0.717) is 0 Å². The standard InChI is InChI=1S/3ClH.Cu/h3*1H;. The van der Waals surface area contributed by atoms with E-state index in [-0.39, 0.29) is 54.3 Å². The SMILES string of the molecule is Cl.Cl.Cl.[Cu]. The molecular weight excluding hydrogens is 170 g/mol. The van der Waals surface area contributed by atoms with Gasteiger partial charge < -0.3 is 0 Å².